The third-order valence-corrected chi connectivity index (χ3v) is 6.15. The summed E-state index contributed by atoms with van der Waals surface area (Å²) in [6, 6.07) is 4.81. The molecule has 0 aliphatic carbocycles. The number of carboxylic acids is 1. The molecule has 0 saturated heterocycles. The highest BCUT2D eigenvalue weighted by Crippen LogP contribution is 2.39. The number of fused-ring (bicyclic) bond motifs is 3. The third kappa shape index (κ3) is 5.35. The highest BCUT2D eigenvalue weighted by atomic mass is 16.5. The second-order valence-corrected chi connectivity index (χ2v) is 8.71. The first-order chi connectivity index (χ1) is 16.7. The van der Waals surface area contributed by atoms with E-state index >= 15 is 0 Å². The Kier molecular flexibility index (Phi) is 8.24. The lowest BCUT2D eigenvalue weighted by molar-refractivity contribution is 0.0599. The number of aromatic carboxylic acids is 1. The predicted molar refractivity (Wildman–Crippen MR) is 134 cm³/mol. The van der Waals surface area contributed by atoms with Gasteiger partial charge in [-0.3, -0.25) is 9.79 Å². The van der Waals surface area contributed by atoms with Crippen LogP contribution in [0.5, 0.6) is 0 Å². The molecule has 9 nitrogen and oxygen atoms in total. The summed E-state index contributed by atoms with van der Waals surface area (Å²) >= 11 is 0. The van der Waals surface area contributed by atoms with E-state index in [1.807, 2.05) is 24.5 Å². The summed E-state index contributed by atoms with van der Waals surface area (Å²) < 4.78 is 11.9. The molecule has 9 heteroatoms. The van der Waals surface area contributed by atoms with Gasteiger partial charge in [0.2, 0.25) is 0 Å². The summed E-state index contributed by atoms with van der Waals surface area (Å²) in [7, 11) is 2.92. The highest BCUT2D eigenvalue weighted by molar-refractivity contribution is 6.14. The number of benzene rings is 1. The van der Waals surface area contributed by atoms with Gasteiger partial charge in [-0.1, -0.05) is 13.8 Å². The molecule has 3 N–H and O–H groups in total. The van der Waals surface area contributed by atoms with E-state index in [9.17, 15) is 19.5 Å². The van der Waals surface area contributed by atoms with Crippen molar-refractivity contribution in [3.8, 4) is 11.3 Å². The van der Waals surface area contributed by atoms with Crippen LogP contribution in [0, 0.1) is 5.92 Å². The number of carbonyl (C=O) groups excluding carboxylic acids is 1. The van der Waals surface area contributed by atoms with Gasteiger partial charge in [0.25, 0.3) is 0 Å². The lowest BCUT2D eigenvalue weighted by atomic mass is 9.84. The lowest BCUT2D eigenvalue weighted by Crippen LogP contribution is -2.28. The number of nitrogens with two attached hydrogens (primary N) is 1. The van der Waals surface area contributed by atoms with Gasteiger partial charge in [-0.2, -0.15) is 0 Å². The number of allylic oxidation sites excluding steroid dienone is 1. The number of esters is 1. The zero-order chi connectivity index (χ0) is 25.7. The summed E-state index contributed by atoms with van der Waals surface area (Å²) in [5.41, 5.74) is 8.61. The van der Waals surface area contributed by atoms with Gasteiger partial charge in [-0.25, -0.2) is 9.59 Å². The Morgan fingerprint density at radius 1 is 1.23 bits per heavy atom. The lowest BCUT2D eigenvalue weighted by Gasteiger charge is -2.34. The normalized spacial score (nSPS) is 15.2. The standard InChI is InChI=1S/C26H31N3O6/c1-15(2)22-9-16-8-18(17(12-27)13-28-6-5-7-34-3)20(26(33)35-4)10-19(16)23-11-24(30)21(25(31)32)14-29(22)23/h8,10-15,22H,5-7,9,27H2,1-4H3,(H,31,32). The molecule has 0 radical (unpaired) electrons. The van der Waals surface area contributed by atoms with Gasteiger partial charge in [0.15, 0.2) is 5.43 Å². The van der Waals surface area contributed by atoms with Crippen LogP contribution in [0.3, 0.4) is 0 Å². The maximum atomic E-state index is 12.8. The van der Waals surface area contributed by atoms with Crippen molar-refractivity contribution >= 4 is 23.7 Å². The van der Waals surface area contributed by atoms with Crippen LogP contribution in [0.1, 0.15) is 58.2 Å². The van der Waals surface area contributed by atoms with Crippen LogP contribution in [-0.2, 0) is 15.9 Å². The van der Waals surface area contributed by atoms with E-state index in [0.29, 0.717) is 42.0 Å². The molecule has 186 valence electrons. The topological polar surface area (TPSA) is 133 Å². The van der Waals surface area contributed by atoms with E-state index in [1.165, 1.54) is 25.6 Å². The van der Waals surface area contributed by atoms with Gasteiger partial charge in [0.1, 0.15) is 5.56 Å². The minimum atomic E-state index is -1.27. The molecule has 0 bridgehead atoms. The molecule has 1 atom stereocenters. The van der Waals surface area contributed by atoms with Crippen molar-refractivity contribution in [2.75, 3.05) is 27.4 Å². The molecule has 0 saturated carbocycles. The van der Waals surface area contributed by atoms with Crippen LogP contribution in [0.2, 0.25) is 0 Å². The second-order valence-electron chi connectivity index (χ2n) is 8.71. The second kappa shape index (κ2) is 11.1. The molecule has 0 spiro atoms. The predicted octanol–water partition coefficient (Wildman–Crippen LogP) is 3.16. The van der Waals surface area contributed by atoms with E-state index in [-0.39, 0.29) is 23.1 Å². The Labute approximate surface area is 203 Å². The number of hydrogen-bond acceptors (Lipinski definition) is 7. The van der Waals surface area contributed by atoms with Crippen LogP contribution in [-0.4, -0.2) is 55.2 Å². The Morgan fingerprint density at radius 3 is 2.57 bits per heavy atom. The minimum absolute atomic E-state index is 0.0824. The molecular weight excluding hydrogens is 450 g/mol. The molecule has 1 aromatic carbocycles. The number of carboxylic acid groups (broad SMARTS) is 1. The van der Waals surface area contributed by atoms with E-state index in [2.05, 4.69) is 4.99 Å². The van der Waals surface area contributed by atoms with Crippen LogP contribution in [0.4, 0.5) is 0 Å². The van der Waals surface area contributed by atoms with Crippen molar-refractivity contribution in [1.82, 2.24) is 4.57 Å². The quantitative estimate of drug-likeness (QED) is 0.319. The number of carbonyl (C=O) groups is 2. The number of aliphatic imine (C=N–C) groups is 1. The van der Waals surface area contributed by atoms with Crippen molar-refractivity contribution < 1.29 is 24.2 Å². The summed E-state index contributed by atoms with van der Waals surface area (Å²) in [6.07, 6.45) is 5.76. The Hall–Kier alpha value is -3.72. The molecule has 1 aliphatic rings. The number of aromatic nitrogens is 1. The highest BCUT2D eigenvalue weighted by Gasteiger charge is 2.30. The smallest absolute Gasteiger partial charge is 0.341 e. The molecule has 0 fully saturated rings. The fourth-order valence-corrected chi connectivity index (χ4v) is 4.32. The zero-order valence-electron chi connectivity index (χ0n) is 20.4. The number of methoxy groups -OCH3 is 2. The van der Waals surface area contributed by atoms with Crippen molar-refractivity contribution in [2.24, 2.45) is 16.6 Å². The summed E-state index contributed by atoms with van der Waals surface area (Å²) in [5, 5.41) is 9.47. The number of nitrogens with zero attached hydrogens (tertiary/aromatic N) is 2. The number of ether oxygens (including phenoxy) is 2. The van der Waals surface area contributed by atoms with E-state index in [1.54, 1.807) is 19.4 Å². The van der Waals surface area contributed by atoms with Gasteiger partial charge < -0.3 is 24.9 Å². The monoisotopic (exact) mass is 481 g/mol. The van der Waals surface area contributed by atoms with E-state index in [0.717, 1.165) is 12.0 Å². The molecule has 2 aromatic rings. The molecule has 3 rings (SSSR count). The van der Waals surface area contributed by atoms with E-state index < -0.39 is 17.4 Å². The Balaban J connectivity index is 2.21. The first-order valence-electron chi connectivity index (χ1n) is 11.4. The average molecular weight is 482 g/mol. The average Bonchev–Trinajstić information content (AvgIpc) is 2.83. The van der Waals surface area contributed by atoms with Crippen LogP contribution < -0.4 is 11.2 Å². The minimum Gasteiger partial charge on any atom is -0.477 e. The van der Waals surface area contributed by atoms with Crippen molar-refractivity contribution in [1.29, 1.82) is 0 Å². The number of rotatable bonds is 9. The van der Waals surface area contributed by atoms with Gasteiger partial charge >= 0.3 is 11.9 Å². The third-order valence-electron chi connectivity index (χ3n) is 6.15. The van der Waals surface area contributed by atoms with Crippen molar-refractivity contribution in [2.45, 2.75) is 32.7 Å². The first kappa shape index (κ1) is 25.9. The number of pyridine rings is 1. The largest absolute Gasteiger partial charge is 0.477 e. The van der Waals surface area contributed by atoms with Gasteiger partial charge in [-0.15, -0.1) is 0 Å². The van der Waals surface area contributed by atoms with Gasteiger partial charge in [-0.05, 0) is 42.0 Å². The molecular formula is C26H31N3O6. The summed E-state index contributed by atoms with van der Waals surface area (Å²) in [4.78, 5) is 41.3. The molecule has 1 unspecified atom stereocenters. The molecule has 2 heterocycles. The van der Waals surface area contributed by atoms with Crippen LogP contribution >= 0.6 is 0 Å². The molecule has 1 aromatic heterocycles. The van der Waals surface area contributed by atoms with Crippen LogP contribution in [0.25, 0.3) is 16.8 Å². The zero-order valence-corrected chi connectivity index (χ0v) is 20.4. The van der Waals surface area contributed by atoms with Gasteiger partial charge in [0, 0.05) is 62.1 Å². The van der Waals surface area contributed by atoms with Crippen molar-refractivity contribution in [3.05, 3.63) is 63.1 Å². The SMILES string of the molecule is COCCCN=CC(=CN)c1cc2c(cc1C(=O)OC)-c1cc(=O)c(C(=O)O)cn1C(C(C)C)C2. The fraction of sp³-hybridized carbons (Fsp3) is 0.385. The maximum Gasteiger partial charge on any atom is 0.341 e. The first-order valence-corrected chi connectivity index (χ1v) is 11.4. The summed E-state index contributed by atoms with van der Waals surface area (Å²) in [5.74, 6) is -1.68. The Bertz CT molecular complexity index is 1240. The van der Waals surface area contributed by atoms with Crippen LogP contribution in [0.15, 0.2) is 40.4 Å². The number of hydrogen-bond donors (Lipinski definition) is 2. The molecule has 0 amide bonds. The maximum absolute atomic E-state index is 12.8. The van der Waals surface area contributed by atoms with Gasteiger partial charge in [0.05, 0.1) is 18.4 Å². The Morgan fingerprint density at radius 2 is 1.97 bits per heavy atom. The van der Waals surface area contributed by atoms with E-state index in [4.69, 9.17) is 15.2 Å². The van der Waals surface area contributed by atoms with Crippen molar-refractivity contribution in [3.63, 3.8) is 0 Å². The molecule has 35 heavy (non-hydrogen) atoms. The summed E-state index contributed by atoms with van der Waals surface area (Å²) in [6.45, 7) is 5.21. The fourth-order valence-electron chi connectivity index (χ4n) is 4.32. The molecule has 1 aliphatic heterocycles.